The third kappa shape index (κ3) is 8.64. The minimum absolute atomic E-state index is 0.0115. The highest BCUT2D eigenvalue weighted by Gasteiger charge is 2.15. The van der Waals surface area contributed by atoms with E-state index in [0.29, 0.717) is 26.9 Å². The first kappa shape index (κ1) is 29.8. The highest BCUT2D eigenvalue weighted by atomic mass is 79.9. The Morgan fingerprint density at radius 2 is 1.71 bits per heavy atom. The molecule has 1 heterocycles. The summed E-state index contributed by atoms with van der Waals surface area (Å²) in [4.78, 5) is 40.3. The lowest BCUT2D eigenvalue weighted by atomic mass is 10.1. The van der Waals surface area contributed by atoms with Gasteiger partial charge in [0.1, 0.15) is 17.2 Å². The third-order valence-corrected chi connectivity index (χ3v) is 6.22. The number of halogens is 1. The van der Waals surface area contributed by atoms with E-state index >= 15 is 0 Å². The maximum Gasteiger partial charge on any atom is 0.336 e. The van der Waals surface area contributed by atoms with Crippen molar-refractivity contribution < 1.29 is 23.5 Å². The summed E-state index contributed by atoms with van der Waals surface area (Å²) in [6.07, 6.45) is 7.12. The van der Waals surface area contributed by atoms with Crippen LogP contribution in [0.2, 0.25) is 0 Å². The Labute approximate surface area is 251 Å². The number of nitrogens with zero attached hydrogens (tertiary/aromatic N) is 2. The van der Waals surface area contributed by atoms with Gasteiger partial charge in [-0.05, 0) is 72.3 Å². The number of anilines is 1. The quantitative estimate of drug-likeness (QED) is 0.0773. The summed E-state index contributed by atoms with van der Waals surface area (Å²) in [5.41, 5.74) is 4.92. The number of amides is 2. The molecule has 3 aromatic carbocycles. The highest BCUT2D eigenvalue weighted by Crippen LogP contribution is 2.22. The summed E-state index contributed by atoms with van der Waals surface area (Å²) in [7, 11) is 3.86. The molecular formula is C32H27BrN4O5. The van der Waals surface area contributed by atoms with Crippen LogP contribution < -0.4 is 20.4 Å². The second kappa shape index (κ2) is 14.4. The Hall–Kier alpha value is -5.22. The van der Waals surface area contributed by atoms with Gasteiger partial charge in [0.05, 0.1) is 12.5 Å². The van der Waals surface area contributed by atoms with E-state index in [1.54, 1.807) is 66.7 Å². The van der Waals surface area contributed by atoms with Crippen LogP contribution in [0.25, 0.3) is 12.2 Å². The van der Waals surface area contributed by atoms with Crippen molar-refractivity contribution in [3.8, 4) is 5.75 Å². The Balaban J connectivity index is 1.51. The van der Waals surface area contributed by atoms with Crippen LogP contribution in [0, 0.1) is 0 Å². The molecule has 0 unspecified atom stereocenters. The number of hydrazone groups is 1. The number of furan rings is 1. The predicted octanol–water partition coefficient (Wildman–Crippen LogP) is 5.65. The fraction of sp³-hybridized carbons (Fsp3) is 0.0625. The third-order valence-electron chi connectivity index (χ3n) is 5.73. The van der Waals surface area contributed by atoms with Gasteiger partial charge in [0, 0.05) is 41.5 Å². The molecule has 0 saturated carbocycles. The highest BCUT2D eigenvalue weighted by molar-refractivity contribution is 9.10. The lowest BCUT2D eigenvalue weighted by molar-refractivity contribution is -0.129. The first-order valence-electron chi connectivity index (χ1n) is 12.7. The minimum Gasteiger partial charge on any atom is -0.465 e. The molecule has 212 valence electrons. The number of hydrogen-bond donors (Lipinski definition) is 2. The number of carbonyl (C=O) groups excluding carboxylic acids is 3. The number of nitrogens with one attached hydrogen (secondary N) is 2. The van der Waals surface area contributed by atoms with Gasteiger partial charge in [-0.15, -0.1) is 0 Å². The van der Waals surface area contributed by atoms with Gasteiger partial charge in [0.2, 0.25) is 0 Å². The molecule has 0 radical (unpaired) electrons. The van der Waals surface area contributed by atoms with E-state index in [2.05, 4.69) is 31.8 Å². The van der Waals surface area contributed by atoms with Crippen LogP contribution in [0.5, 0.6) is 5.75 Å². The van der Waals surface area contributed by atoms with E-state index in [4.69, 9.17) is 9.15 Å². The number of esters is 1. The zero-order chi connectivity index (χ0) is 29.9. The molecule has 0 saturated heterocycles. The topological polar surface area (TPSA) is 113 Å². The van der Waals surface area contributed by atoms with E-state index in [-0.39, 0.29) is 11.4 Å². The fourth-order valence-corrected chi connectivity index (χ4v) is 3.97. The van der Waals surface area contributed by atoms with Crippen molar-refractivity contribution in [1.82, 2.24) is 10.7 Å². The van der Waals surface area contributed by atoms with Crippen molar-refractivity contribution in [2.45, 2.75) is 0 Å². The summed E-state index contributed by atoms with van der Waals surface area (Å²) in [5, 5.41) is 6.72. The lowest BCUT2D eigenvalue weighted by Gasteiger charge is -2.13. The molecule has 4 rings (SSSR count). The monoisotopic (exact) mass is 626 g/mol. The summed E-state index contributed by atoms with van der Waals surface area (Å²) in [6, 6.07) is 24.4. The van der Waals surface area contributed by atoms with E-state index in [1.165, 1.54) is 24.6 Å². The van der Waals surface area contributed by atoms with Gasteiger partial charge in [0.25, 0.3) is 11.8 Å². The molecule has 0 bridgehead atoms. The molecule has 4 aromatic rings. The van der Waals surface area contributed by atoms with Crippen LogP contribution in [0.4, 0.5) is 5.69 Å². The maximum atomic E-state index is 13.2. The van der Waals surface area contributed by atoms with Crippen LogP contribution in [0.1, 0.15) is 27.2 Å². The number of carbonyl (C=O) groups is 3. The van der Waals surface area contributed by atoms with Crippen molar-refractivity contribution in [3.63, 3.8) is 0 Å². The van der Waals surface area contributed by atoms with Crippen molar-refractivity contribution >= 4 is 57.8 Å². The standard InChI is InChI=1S/C32H27BrN4O5/c1-37(2)26-13-10-22(11-14-26)19-28(35-31(39)23-7-4-3-5-8-23)32(40)36-34-21-24-20-25(33)12-16-29(24)42-30(38)17-15-27-9-6-18-41-27/h3-21H,1-2H3,(H,35,39)(H,36,40)/b17-15-,28-19-,34-21+. The molecule has 42 heavy (non-hydrogen) atoms. The van der Waals surface area contributed by atoms with Crippen molar-refractivity contribution in [2.24, 2.45) is 5.10 Å². The Morgan fingerprint density at radius 1 is 0.952 bits per heavy atom. The first-order chi connectivity index (χ1) is 20.3. The number of hydrogen-bond acceptors (Lipinski definition) is 7. The zero-order valence-electron chi connectivity index (χ0n) is 22.8. The van der Waals surface area contributed by atoms with Gasteiger partial charge < -0.3 is 19.4 Å². The lowest BCUT2D eigenvalue weighted by Crippen LogP contribution is -2.32. The first-order valence-corrected chi connectivity index (χ1v) is 13.5. The summed E-state index contributed by atoms with van der Waals surface area (Å²) >= 11 is 3.39. The second-order valence-electron chi connectivity index (χ2n) is 9.02. The summed E-state index contributed by atoms with van der Waals surface area (Å²) in [5.74, 6) is -0.998. The van der Waals surface area contributed by atoms with E-state index in [1.807, 2.05) is 43.3 Å². The fourth-order valence-electron chi connectivity index (χ4n) is 3.59. The largest absolute Gasteiger partial charge is 0.465 e. The summed E-state index contributed by atoms with van der Waals surface area (Å²) in [6.45, 7) is 0. The van der Waals surface area contributed by atoms with Crippen LogP contribution in [0.15, 0.2) is 117 Å². The second-order valence-corrected chi connectivity index (χ2v) is 9.93. The molecule has 1 aromatic heterocycles. The van der Waals surface area contributed by atoms with Gasteiger partial charge in [-0.3, -0.25) is 9.59 Å². The average molecular weight is 627 g/mol. The van der Waals surface area contributed by atoms with Gasteiger partial charge in [-0.1, -0.05) is 46.3 Å². The maximum absolute atomic E-state index is 13.2. The van der Waals surface area contributed by atoms with Crippen LogP contribution in [-0.2, 0) is 9.59 Å². The van der Waals surface area contributed by atoms with Crippen LogP contribution in [-0.4, -0.2) is 38.1 Å². The Kier molecular flexibility index (Phi) is 10.2. The average Bonchev–Trinajstić information content (AvgIpc) is 3.51. The molecule has 0 fully saturated rings. The van der Waals surface area contributed by atoms with Gasteiger partial charge >= 0.3 is 5.97 Å². The van der Waals surface area contributed by atoms with Crippen molar-refractivity contribution in [1.29, 1.82) is 0 Å². The minimum atomic E-state index is -0.651. The predicted molar refractivity (Wildman–Crippen MR) is 166 cm³/mol. The van der Waals surface area contributed by atoms with Gasteiger partial charge in [-0.25, -0.2) is 10.2 Å². The molecule has 0 aliphatic rings. The molecule has 0 aliphatic carbocycles. The summed E-state index contributed by atoms with van der Waals surface area (Å²) < 4.78 is 11.3. The number of rotatable bonds is 10. The van der Waals surface area contributed by atoms with E-state index < -0.39 is 17.8 Å². The SMILES string of the molecule is CN(C)c1ccc(/C=C(\NC(=O)c2ccccc2)C(=O)N/N=C/c2cc(Br)ccc2OC(=O)/C=C\c2ccco2)cc1. The van der Waals surface area contributed by atoms with Crippen molar-refractivity contribution in [2.75, 3.05) is 19.0 Å². The van der Waals surface area contributed by atoms with E-state index in [0.717, 1.165) is 5.69 Å². The molecule has 0 aliphatic heterocycles. The molecule has 2 N–H and O–H groups in total. The Bertz CT molecular complexity index is 1630. The number of ether oxygens (including phenoxy) is 1. The molecule has 0 spiro atoms. The molecule has 0 atom stereocenters. The van der Waals surface area contributed by atoms with Gasteiger partial charge in [0.15, 0.2) is 0 Å². The molecular weight excluding hydrogens is 600 g/mol. The van der Waals surface area contributed by atoms with Crippen LogP contribution in [0.3, 0.4) is 0 Å². The molecule has 10 heteroatoms. The Morgan fingerprint density at radius 3 is 2.40 bits per heavy atom. The smallest absolute Gasteiger partial charge is 0.336 e. The van der Waals surface area contributed by atoms with Gasteiger partial charge in [-0.2, -0.15) is 5.10 Å². The van der Waals surface area contributed by atoms with Crippen molar-refractivity contribution in [3.05, 3.63) is 130 Å². The van der Waals surface area contributed by atoms with Crippen LogP contribution >= 0.6 is 15.9 Å². The van der Waals surface area contributed by atoms with E-state index in [9.17, 15) is 14.4 Å². The molecule has 9 nitrogen and oxygen atoms in total. The molecule has 2 amide bonds. The zero-order valence-corrected chi connectivity index (χ0v) is 24.4. The number of benzene rings is 3. The normalized spacial score (nSPS) is 11.5.